The molecule has 4 amide bonds. The molecule has 0 saturated carbocycles. The monoisotopic (exact) mass is 309 g/mol. The maximum Gasteiger partial charge on any atom is 0.324 e. The normalized spacial score (nSPS) is 18.4. The highest BCUT2D eigenvalue weighted by Crippen LogP contribution is 2.10. The minimum atomic E-state index is -0.528. The maximum absolute atomic E-state index is 11.9. The molecule has 0 bridgehead atoms. The highest BCUT2D eigenvalue weighted by Gasteiger charge is 2.32. The van der Waals surface area contributed by atoms with Crippen molar-refractivity contribution in [1.29, 1.82) is 0 Å². The Hall–Kier alpha value is -2.08. The molecule has 112 valence electrons. The van der Waals surface area contributed by atoms with Crippen molar-refractivity contribution in [2.45, 2.75) is 13.5 Å². The third kappa shape index (κ3) is 3.95. The van der Waals surface area contributed by atoms with Crippen molar-refractivity contribution < 1.29 is 14.4 Å². The number of nitrogens with one attached hydrogen (secondary N) is 2. The molecule has 1 aromatic carbocycles. The highest BCUT2D eigenvalue weighted by molar-refractivity contribution is 6.30. The molecule has 0 unspecified atom stereocenters. The molecule has 2 N–H and O–H groups in total. The summed E-state index contributed by atoms with van der Waals surface area (Å²) in [6.45, 7) is 2.05. The number of halogens is 1. The van der Waals surface area contributed by atoms with Crippen LogP contribution in [-0.2, 0) is 16.1 Å². The summed E-state index contributed by atoms with van der Waals surface area (Å²) in [5.41, 5.74) is 0.885. The van der Waals surface area contributed by atoms with Crippen molar-refractivity contribution in [1.82, 2.24) is 15.5 Å². The molecule has 1 aliphatic rings. The lowest BCUT2D eigenvalue weighted by Crippen LogP contribution is -2.56. The van der Waals surface area contributed by atoms with E-state index in [0.717, 1.165) is 10.5 Å². The van der Waals surface area contributed by atoms with E-state index in [-0.39, 0.29) is 24.3 Å². The maximum atomic E-state index is 11.9. The molecule has 0 aromatic heterocycles. The molecule has 0 aliphatic carbocycles. The van der Waals surface area contributed by atoms with Crippen LogP contribution in [0.1, 0.15) is 12.5 Å². The first-order valence-corrected chi connectivity index (χ1v) is 6.95. The van der Waals surface area contributed by atoms with E-state index in [0.29, 0.717) is 18.1 Å². The van der Waals surface area contributed by atoms with E-state index in [1.807, 2.05) is 0 Å². The first kappa shape index (κ1) is 15.3. The molecular formula is C14H16ClN3O3. The van der Waals surface area contributed by atoms with E-state index >= 15 is 0 Å². The van der Waals surface area contributed by atoms with Gasteiger partial charge in [0, 0.05) is 18.1 Å². The van der Waals surface area contributed by atoms with Crippen LogP contribution in [0.25, 0.3) is 0 Å². The lowest BCUT2D eigenvalue weighted by atomic mass is 10.1. The number of rotatable bonds is 4. The number of hydrogen-bond acceptors (Lipinski definition) is 3. The Morgan fingerprint density at radius 1 is 1.38 bits per heavy atom. The number of nitrogens with zero attached hydrogens (tertiary/aromatic N) is 1. The second-order valence-electron chi connectivity index (χ2n) is 4.91. The van der Waals surface area contributed by atoms with Crippen LogP contribution in [0.4, 0.5) is 4.79 Å². The molecule has 21 heavy (non-hydrogen) atoms. The van der Waals surface area contributed by atoms with Gasteiger partial charge in [0.05, 0.1) is 5.92 Å². The minimum Gasteiger partial charge on any atom is -0.350 e. The van der Waals surface area contributed by atoms with Gasteiger partial charge in [0.25, 0.3) is 0 Å². The van der Waals surface area contributed by atoms with Gasteiger partial charge in [-0.25, -0.2) is 4.79 Å². The van der Waals surface area contributed by atoms with Crippen molar-refractivity contribution in [3.05, 3.63) is 34.9 Å². The zero-order valence-corrected chi connectivity index (χ0v) is 12.3. The van der Waals surface area contributed by atoms with E-state index in [1.54, 1.807) is 31.2 Å². The fourth-order valence-electron chi connectivity index (χ4n) is 1.94. The van der Waals surface area contributed by atoms with Gasteiger partial charge < -0.3 is 10.6 Å². The topological polar surface area (TPSA) is 78.5 Å². The molecule has 6 nitrogen and oxygen atoms in total. The Labute approximate surface area is 127 Å². The third-order valence-electron chi connectivity index (χ3n) is 3.20. The average molecular weight is 310 g/mol. The predicted octanol–water partition coefficient (Wildman–Crippen LogP) is 1.14. The largest absolute Gasteiger partial charge is 0.350 e. The molecule has 1 heterocycles. The van der Waals surface area contributed by atoms with Gasteiger partial charge in [0.2, 0.25) is 11.8 Å². The summed E-state index contributed by atoms with van der Waals surface area (Å²) in [5.74, 6) is -1.03. The summed E-state index contributed by atoms with van der Waals surface area (Å²) in [6, 6.07) is 6.52. The van der Waals surface area contributed by atoms with Gasteiger partial charge in [-0.3, -0.25) is 14.5 Å². The molecular weight excluding hydrogens is 294 g/mol. The standard InChI is InChI=1S/C14H16ClN3O3/c1-9-6-17-14(21)18(13(9)20)8-12(19)16-7-10-2-4-11(15)5-3-10/h2-5,9H,6-8H2,1H3,(H,16,19)(H,17,21)/t9-/m1/s1. The van der Waals surface area contributed by atoms with Gasteiger partial charge in [0.15, 0.2) is 0 Å². The molecule has 0 radical (unpaired) electrons. The van der Waals surface area contributed by atoms with Crippen molar-refractivity contribution in [2.75, 3.05) is 13.1 Å². The summed E-state index contributed by atoms with van der Waals surface area (Å²) in [6.07, 6.45) is 0. The Bertz CT molecular complexity index is 559. The first-order chi connectivity index (χ1) is 9.97. The molecule has 0 spiro atoms. The summed E-state index contributed by atoms with van der Waals surface area (Å²) in [7, 11) is 0. The van der Waals surface area contributed by atoms with Crippen molar-refractivity contribution in [2.24, 2.45) is 5.92 Å². The van der Waals surface area contributed by atoms with Gasteiger partial charge in [-0.05, 0) is 17.7 Å². The SMILES string of the molecule is C[C@@H]1CNC(=O)N(CC(=O)NCc2ccc(Cl)cc2)C1=O. The van der Waals surface area contributed by atoms with Gasteiger partial charge in [-0.15, -0.1) is 0 Å². The predicted molar refractivity (Wildman–Crippen MR) is 77.6 cm³/mol. The molecule has 7 heteroatoms. The molecule has 1 fully saturated rings. The van der Waals surface area contributed by atoms with Crippen LogP contribution in [0.2, 0.25) is 5.02 Å². The fourth-order valence-corrected chi connectivity index (χ4v) is 2.07. The second-order valence-corrected chi connectivity index (χ2v) is 5.35. The number of urea groups is 1. The van der Waals surface area contributed by atoms with Crippen molar-refractivity contribution in [3.8, 4) is 0 Å². The van der Waals surface area contributed by atoms with E-state index in [1.165, 1.54) is 0 Å². The Kier molecular flexibility index (Phi) is 4.80. The van der Waals surface area contributed by atoms with Gasteiger partial charge >= 0.3 is 6.03 Å². The average Bonchev–Trinajstić information content (AvgIpc) is 2.47. The number of carbonyl (C=O) groups excluding carboxylic acids is 3. The molecule has 1 atom stereocenters. The van der Waals surface area contributed by atoms with Gasteiger partial charge in [0.1, 0.15) is 6.54 Å². The van der Waals surface area contributed by atoms with E-state index in [2.05, 4.69) is 10.6 Å². The number of hydrogen-bond donors (Lipinski definition) is 2. The molecule has 1 aromatic rings. The van der Waals surface area contributed by atoms with Crippen LogP contribution < -0.4 is 10.6 Å². The van der Waals surface area contributed by atoms with E-state index in [4.69, 9.17) is 11.6 Å². The highest BCUT2D eigenvalue weighted by atomic mass is 35.5. The number of benzene rings is 1. The van der Waals surface area contributed by atoms with Crippen LogP contribution >= 0.6 is 11.6 Å². The summed E-state index contributed by atoms with van der Waals surface area (Å²) >= 11 is 5.77. The Balaban J connectivity index is 1.87. The van der Waals surface area contributed by atoms with Gasteiger partial charge in [-0.2, -0.15) is 0 Å². The Morgan fingerprint density at radius 3 is 2.71 bits per heavy atom. The summed E-state index contributed by atoms with van der Waals surface area (Å²) < 4.78 is 0. The lowest BCUT2D eigenvalue weighted by molar-refractivity contribution is -0.137. The number of carbonyl (C=O) groups is 3. The lowest BCUT2D eigenvalue weighted by Gasteiger charge is -2.29. The summed E-state index contributed by atoms with van der Waals surface area (Å²) in [4.78, 5) is 36.2. The molecule has 1 saturated heterocycles. The van der Waals surface area contributed by atoms with Crippen LogP contribution in [0.5, 0.6) is 0 Å². The number of amides is 4. The van der Waals surface area contributed by atoms with Gasteiger partial charge in [-0.1, -0.05) is 30.7 Å². The van der Waals surface area contributed by atoms with Crippen LogP contribution in [0.15, 0.2) is 24.3 Å². The number of imide groups is 1. The zero-order valence-electron chi connectivity index (χ0n) is 11.6. The molecule has 2 rings (SSSR count). The smallest absolute Gasteiger partial charge is 0.324 e. The second kappa shape index (κ2) is 6.58. The quantitative estimate of drug-likeness (QED) is 0.875. The van der Waals surface area contributed by atoms with Crippen molar-refractivity contribution in [3.63, 3.8) is 0 Å². The molecule has 1 aliphatic heterocycles. The Morgan fingerprint density at radius 2 is 2.05 bits per heavy atom. The van der Waals surface area contributed by atoms with Crippen LogP contribution in [0.3, 0.4) is 0 Å². The van der Waals surface area contributed by atoms with E-state index < -0.39 is 6.03 Å². The zero-order chi connectivity index (χ0) is 15.4. The van der Waals surface area contributed by atoms with Crippen LogP contribution in [0, 0.1) is 5.92 Å². The third-order valence-corrected chi connectivity index (χ3v) is 3.45. The van der Waals surface area contributed by atoms with Crippen molar-refractivity contribution >= 4 is 29.4 Å². The van der Waals surface area contributed by atoms with E-state index in [9.17, 15) is 14.4 Å². The first-order valence-electron chi connectivity index (χ1n) is 6.57. The van der Waals surface area contributed by atoms with Crippen LogP contribution in [-0.4, -0.2) is 35.8 Å². The minimum absolute atomic E-state index is 0.275. The summed E-state index contributed by atoms with van der Waals surface area (Å²) in [5, 5.41) is 5.85. The fraction of sp³-hybridized carbons (Fsp3) is 0.357.